The Morgan fingerprint density at radius 1 is 0.235 bits per heavy atom. The number of fused-ring (bicyclic) bond motifs is 17. The van der Waals surface area contributed by atoms with Gasteiger partial charge in [-0.2, -0.15) is 0 Å². The van der Waals surface area contributed by atoms with Gasteiger partial charge in [0.25, 0.3) is 0 Å². The predicted octanol–water partition coefficient (Wildman–Crippen LogP) is 24.2. The Bertz CT molecular complexity index is 5820. The van der Waals surface area contributed by atoms with Crippen molar-refractivity contribution < 1.29 is 0 Å². The van der Waals surface area contributed by atoms with E-state index in [1.807, 2.05) is 0 Å². The summed E-state index contributed by atoms with van der Waals surface area (Å²) in [6.07, 6.45) is 0. The molecule has 0 aliphatic heterocycles. The molecule has 0 spiro atoms. The Morgan fingerprint density at radius 3 is 1.32 bits per heavy atom. The first-order valence-electron chi connectivity index (χ1n) is 30.7. The molecule has 0 amide bonds. The maximum Gasteiger partial charge on any atom is 0.0159 e. The molecule has 0 bridgehead atoms. The highest BCUT2D eigenvalue weighted by Crippen LogP contribution is 2.64. The Hall–Kier alpha value is -9.62. The summed E-state index contributed by atoms with van der Waals surface area (Å²) in [5.74, 6) is 0. The lowest BCUT2D eigenvalue weighted by Gasteiger charge is -2.28. The molecule has 0 nitrogen and oxygen atoms in total. The lowest BCUT2D eigenvalue weighted by atomic mass is 9.75. The van der Waals surface area contributed by atoms with Gasteiger partial charge in [-0.1, -0.05) is 256 Å². The molecule has 0 heteroatoms. The van der Waals surface area contributed by atoms with Crippen LogP contribution in [0.2, 0.25) is 0 Å². The molecule has 2 aliphatic rings. The normalized spacial score (nSPS) is 14.0. The average molecular weight is 1080 g/mol. The summed E-state index contributed by atoms with van der Waals surface area (Å²) in [6, 6.07) is 85.4. The summed E-state index contributed by atoms with van der Waals surface area (Å²) in [5.41, 5.74) is 21.2. The lowest BCUT2D eigenvalue weighted by Crippen LogP contribution is -2.19. The van der Waals surface area contributed by atoms with Gasteiger partial charge in [0.1, 0.15) is 0 Å². The molecule has 17 aromatic rings. The van der Waals surface area contributed by atoms with Crippen LogP contribution in [0.4, 0.5) is 0 Å². The molecule has 0 atom stereocenters. The fourth-order valence-electron chi connectivity index (χ4n) is 17.0. The molecular weight excluding hydrogens is 1020 g/mol. The van der Waals surface area contributed by atoms with Crippen molar-refractivity contribution in [3.05, 3.63) is 241 Å². The second kappa shape index (κ2) is 16.0. The first-order valence-corrected chi connectivity index (χ1v) is 30.7. The van der Waals surface area contributed by atoms with E-state index in [4.69, 9.17) is 0 Å². The van der Waals surface area contributed by atoms with Crippen molar-refractivity contribution in [2.24, 2.45) is 0 Å². The van der Waals surface area contributed by atoms with Crippen molar-refractivity contribution >= 4 is 118 Å². The third-order valence-electron chi connectivity index (χ3n) is 20.9. The van der Waals surface area contributed by atoms with Crippen molar-refractivity contribution in [2.45, 2.75) is 71.6 Å². The fraction of sp³-hybridized carbons (Fsp3) is 0.129. The molecule has 0 saturated carbocycles. The Morgan fingerprint density at radius 2 is 0.671 bits per heavy atom. The molecule has 85 heavy (non-hydrogen) atoms. The third kappa shape index (κ3) is 5.97. The Kier molecular flexibility index (Phi) is 8.98. The van der Waals surface area contributed by atoms with Crippen LogP contribution in [0.15, 0.2) is 218 Å². The number of benzene rings is 15. The molecule has 0 fully saturated rings. The minimum absolute atomic E-state index is 0.0155. The monoisotopic (exact) mass is 1080 g/mol. The van der Waals surface area contributed by atoms with Crippen LogP contribution >= 0.6 is 0 Å². The van der Waals surface area contributed by atoms with E-state index < -0.39 is 0 Å². The van der Waals surface area contributed by atoms with Crippen molar-refractivity contribution in [1.29, 1.82) is 0 Å². The SMILES string of the molecule is CC(C)(C)c1ccc2c(c1)C(C)(C)c1cc(C(C)(C)C)cc(-c3c4c(c(-c5ccccc5)c5cc6ccccc6cc35)-c3ccc5c6ccc7c8c(-c9ccccc9)c9cccc%10c%11ccccc%11c(c9%10)c8c8ccc(c9ccc-4c3c59)c6c78)c1-2. The summed E-state index contributed by atoms with van der Waals surface area (Å²) >= 11 is 0. The zero-order chi connectivity index (χ0) is 56.9. The van der Waals surface area contributed by atoms with Crippen LogP contribution < -0.4 is 0 Å². The van der Waals surface area contributed by atoms with E-state index >= 15 is 0 Å². The number of hydrogen-bond donors (Lipinski definition) is 0. The van der Waals surface area contributed by atoms with Gasteiger partial charge in [0.05, 0.1) is 0 Å². The van der Waals surface area contributed by atoms with Gasteiger partial charge in [0.15, 0.2) is 0 Å². The zero-order valence-electron chi connectivity index (χ0n) is 49.3. The van der Waals surface area contributed by atoms with E-state index in [9.17, 15) is 0 Å². The van der Waals surface area contributed by atoms with Gasteiger partial charge in [0, 0.05) is 5.41 Å². The van der Waals surface area contributed by atoms with Crippen LogP contribution in [-0.4, -0.2) is 0 Å². The van der Waals surface area contributed by atoms with Crippen LogP contribution in [0.25, 0.3) is 185 Å². The van der Waals surface area contributed by atoms with E-state index in [-0.39, 0.29) is 16.2 Å². The first kappa shape index (κ1) is 47.8. The molecule has 400 valence electrons. The molecule has 0 N–H and O–H groups in total. The highest BCUT2D eigenvalue weighted by Gasteiger charge is 2.42. The maximum atomic E-state index is 2.61. The summed E-state index contributed by atoms with van der Waals surface area (Å²) in [7, 11) is 0. The van der Waals surface area contributed by atoms with Crippen molar-refractivity contribution in [3.8, 4) is 66.8 Å². The average Bonchev–Trinajstić information content (AvgIpc) is 1.58. The molecule has 2 aliphatic carbocycles. The molecule has 0 heterocycles. The van der Waals surface area contributed by atoms with Crippen LogP contribution in [0.3, 0.4) is 0 Å². The van der Waals surface area contributed by atoms with E-state index in [0.29, 0.717) is 0 Å². The maximum absolute atomic E-state index is 2.61. The van der Waals surface area contributed by atoms with Crippen LogP contribution in [0.1, 0.15) is 77.6 Å². The van der Waals surface area contributed by atoms with Gasteiger partial charge >= 0.3 is 0 Å². The Labute approximate surface area is 494 Å². The van der Waals surface area contributed by atoms with Crippen molar-refractivity contribution in [3.63, 3.8) is 0 Å². The third-order valence-corrected chi connectivity index (χ3v) is 20.9. The minimum Gasteiger partial charge on any atom is -0.0622 e. The van der Waals surface area contributed by atoms with Gasteiger partial charge in [0.2, 0.25) is 0 Å². The first-order chi connectivity index (χ1) is 41.2. The summed E-state index contributed by atoms with van der Waals surface area (Å²) in [6.45, 7) is 19.2. The predicted molar refractivity (Wildman–Crippen MR) is 368 cm³/mol. The fourth-order valence-corrected chi connectivity index (χ4v) is 17.0. The van der Waals surface area contributed by atoms with Gasteiger partial charge < -0.3 is 0 Å². The van der Waals surface area contributed by atoms with Crippen LogP contribution in [-0.2, 0) is 16.2 Å². The van der Waals surface area contributed by atoms with Gasteiger partial charge in [-0.25, -0.2) is 0 Å². The molecular formula is C85H60. The minimum atomic E-state index is -0.222. The number of hydrogen-bond acceptors (Lipinski definition) is 0. The second-order valence-electron chi connectivity index (χ2n) is 27.7. The second-order valence-corrected chi connectivity index (χ2v) is 27.7. The Balaban J connectivity index is 0.976. The van der Waals surface area contributed by atoms with E-state index in [2.05, 4.69) is 274 Å². The summed E-state index contributed by atoms with van der Waals surface area (Å²) in [5, 5.41) is 29.4. The highest BCUT2D eigenvalue weighted by atomic mass is 14.4. The van der Waals surface area contributed by atoms with E-state index in [0.717, 1.165) is 0 Å². The van der Waals surface area contributed by atoms with Crippen molar-refractivity contribution in [1.82, 2.24) is 0 Å². The van der Waals surface area contributed by atoms with Gasteiger partial charge in [-0.05, 0) is 237 Å². The van der Waals surface area contributed by atoms with Gasteiger partial charge in [-0.15, -0.1) is 0 Å². The molecule has 0 radical (unpaired) electrons. The standard InChI is InChI=1S/C85H60/c1-83(2,3)49-30-31-58-67(43-49)85(7,8)68-44-50(84(4,5)6)42-66(71(58)68)77-65-41-48-25-16-15-24-47(48)40-64(65)70(46-22-13-10-14-23-46)80-61-37-33-54-55-32-36-60-76-63(39-35-57(73(55)76)56-34-38-62(81(77)80)75(61)72(54)56)82-78-53-27-18-17-26-51(53)52-28-19-29-59(74(52)78)69(79(60)82)45-20-11-9-12-21-45/h9-44H,1-8H3. The van der Waals surface area contributed by atoms with Crippen LogP contribution in [0.5, 0.6) is 0 Å². The summed E-state index contributed by atoms with van der Waals surface area (Å²) in [4.78, 5) is 0. The molecule has 0 aromatic heterocycles. The number of rotatable bonds is 3. The van der Waals surface area contributed by atoms with E-state index in [1.54, 1.807) is 0 Å². The largest absolute Gasteiger partial charge is 0.0622 e. The van der Waals surface area contributed by atoms with Crippen LogP contribution in [0, 0.1) is 0 Å². The topological polar surface area (TPSA) is 0 Å². The molecule has 0 saturated heterocycles. The highest BCUT2D eigenvalue weighted by molar-refractivity contribution is 6.51. The van der Waals surface area contributed by atoms with Gasteiger partial charge in [-0.3, -0.25) is 0 Å². The zero-order valence-corrected chi connectivity index (χ0v) is 49.3. The molecule has 19 rings (SSSR count). The smallest absolute Gasteiger partial charge is 0.0159 e. The van der Waals surface area contributed by atoms with E-state index in [1.165, 1.54) is 208 Å². The van der Waals surface area contributed by atoms with Crippen molar-refractivity contribution in [2.75, 3.05) is 0 Å². The lowest BCUT2D eigenvalue weighted by molar-refractivity contribution is 0.580. The molecule has 0 unspecified atom stereocenters. The summed E-state index contributed by atoms with van der Waals surface area (Å²) < 4.78 is 0. The quantitative estimate of drug-likeness (QED) is 0.122. The molecule has 17 aromatic carbocycles.